The van der Waals surface area contributed by atoms with Crippen molar-refractivity contribution in [1.29, 1.82) is 0 Å². The highest BCUT2D eigenvalue weighted by Gasteiger charge is 2.09. The third kappa shape index (κ3) is 2.86. The predicted molar refractivity (Wildman–Crippen MR) is 67.6 cm³/mol. The van der Waals surface area contributed by atoms with Crippen molar-refractivity contribution < 1.29 is 4.74 Å². The van der Waals surface area contributed by atoms with Crippen molar-refractivity contribution in [2.75, 3.05) is 25.6 Å². The number of methoxy groups -OCH3 is 1. The highest BCUT2D eigenvalue weighted by Crippen LogP contribution is 2.29. The van der Waals surface area contributed by atoms with E-state index in [1.807, 2.05) is 25.2 Å². The van der Waals surface area contributed by atoms with E-state index in [1.165, 1.54) is 0 Å². The highest BCUT2D eigenvalue weighted by molar-refractivity contribution is 9.10. The number of benzene rings is 1. The number of likely N-dealkylation sites (N-methyl/N-ethyl adjacent to an activating group) is 1. The Morgan fingerprint density at radius 3 is 2.67 bits per heavy atom. The molecule has 0 fully saturated rings. The Bertz CT molecular complexity index is 330. The summed E-state index contributed by atoms with van der Waals surface area (Å²) in [7, 11) is 3.69. The van der Waals surface area contributed by atoms with Crippen molar-refractivity contribution in [3.63, 3.8) is 0 Å². The van der Waals surface area contributed by atoms with Crippen LogP contribution in [-0.4, -0.2) is 26.7 Å². The molecule has 0 radical (unpaired) electrons. The molecule has 1 unspecified atom stereocenters. The van der Waals surface area contributed by atoms with Gasteiger partial charge in [0.05, 0.1) is 11.6 Å². The molecule has 15 heavy (non-hydrogen) atoms. The molecule has 0 heterocycles. The lowest BCUT2D eigenvalue weighted by molar-refractivity contribution is 0.412. The second-order valence-electron chi connectivity index (χ2n) is 3.51. The van der Waals surface area contributed by atoms with Gasteiger partial charge in [0, 0.05) is 25.3 Å². The Kier molecular flexibility index (Phi) is 4.42. The topological polar surface area (TPSA) is 38.5 Å². The molecular formula is C11H17BrN2O. The van der Waals surface area contributed by atoms with Crippen LogP contribution in [0.15, 0.2) is 22.7 Å². The summed E-state index contributed by atoms with van der Waals surface area (Å²) < 4.78 is 6.13. The molecule has 84 valence electrons. The van der Waals surface area contributed by atoms with E-state index in [9.17, 15) is 0 Å². The summed E-state index contributed by atoms with van der Waals surface area (Å²) in [6.07, 6.45) is 0. The minimum Gasteiger partial charge on any atom is -0.496 e. The zero-order chi connectivity index (χ0) is 11.4. The van der Waals surface area contributed by atoms with E-state index < -0.39 is 0 Å². The summed E-state index contributed by atoms with van der Waals surface area (Å²) in [6.45, 7) is 2.73. The lowest BCUT2D eigenvalue weighted by Gasteiger charge is -2.26. The highest BCUT2D eigenvalue weighted by atomic mass is 79.9. The molecule has 3 nitrogen and oxygen atoms in total. The van der Waals surface area contributed by atoms with E-state index in [2.05, 4.69) is 27.8 Å². The molecule has 0 saturated heterocycles. The number of hydrogen-bond acceptors (Lipinski definition) is 3. The maximum atomic E-state index is 5.63. The second kappa shape index (κ2) is 5.37. The van der Waals surface area contributed by atoms with Crippen LogP contribution in [-0.2, 0) is 0 Å². The van der Waals surface area contributed by atoms with Gasteiger partial charge in [-0.15, -0.1) is 0 Å². The van der Waals surface area contributed by atoms with E-state index in [-0.39, 0.29) is 0 Å². The summed E-state index contributed by atoms with van der Waals surface area (Å²) in [5, 5.41) is 0. The van der Waals surface area contributed by atoms with E-state index in [0.29, 0.717) is 12.6 Å². The van der Waals surface area contributed by atoms with Crippen LogP contribution >= 0.6 is 15.9 Å². The largest absolute Gasteiger partial charge is 0.496 e. The average Bonchev–Trinajstić information content (AvgIpc) is 2.26. The first-order valence-electron chi connectivity index (χ1n) is 4.86. The van der Waals surface area contributed by atoms with Crippen LogP contribution in [0.1, 0.15) is 6.92 Å². The summed E-state index contributed by atoms with van der Waals surface area (Å²) >= 11 is 3.46. The number of rotatable bonds is 4. The van der Waals surface area contributed by atoms with Gasteiger partial charge in [0.1, 0.15) is 5.75 Å². The maximum Gasteiger partial charge on any atom is 0.133 e. The van der Waals surface area contributed by atoms with Gasteiger partial charge in [-0.25, -0.2) is 0 Å². The molecule has 1 rings (SSSR count). The number of nitrogens with zero attached hydrogens (tertiary/aromatic N) is 1. The van der Waals surface area contributed by atoms with Gasteiger partial charge in [0.25, 0.3) is 0 Å². The van der Waals surface area contributed by atoms with Crippen molar-refractivity contribution in [1.82, 2.24) is 0 Å². The van der Waals surface area contributed by atoms with Gasteiger partial charge in [0.2, 0.25) is 0 Å². The summed E-state index contributed by atoms with van der Waals surface area (Å²) in [6, 6.07) is 6.32. The number of halogens is 1. The van der Waals surface area contributed by atoms with Gasteiger partial charge in [-0.1, -0.05) is 0 Å². The first-order chi connectivity index (χ1) is 7.10. The minimum atomic E-state index is 0.324. The van der Waals surface area contributed by atoms with Crippen LogP contribution < -0.4 is 15.4 Å². The normalized spacial score (nSPS) is 12.3. The van der Waals surface area contributed by atoms with Crippen LogP contribution in [0.4, 0.5) is 5.69 Å². The van der Waals surface area contributed by atoms with Gasteiger partial charge in [-0.3, -0.25) is 0 Å². The molecule has 2 N–H and O–H groups in total. The molecular weight excluding hydrogens is 256 g/mol. The number of ether oxygens (including phenoxy) is 1. The standard InChI is InChI=1S/C11H17BrN2O/c1-8(7-13)14(2)9-4-5-11(15-3)10(12)6-9/h4-6,8H,7,13H2,1-3H3. The number of hydrogen-bond donors (Lipinski definition) is 1. The smallest absolute Gasteiger partial charge is 0.133 e. The fraction of sp³-hybridized carbons (Fsp3) is 0.455. The maximum absolute atomic E-state index is 5.63. The van der Waals surface area contributed by atoms with Crippen LogP contribution in [0.3, 0.4) is 0 Å². The molecule has 0 amide bonds. The molecule has 0 saturated carbocycles. The monoisotopic (exact) mass is 272 g/mol. The SMILES string of the molecule is COc1ccc(N(C)C(C)CN)cc1Br. The Morgan fingerprint density at radius 1 is 1.53 bits per heavy atom. The minimum absolute atomic E-state index is 0.324. The fourth-order valence-corrected chi connectivity index (χ4v) is 1.82. The Hall–Kier alpha value is -0.740. The lowest BCUT2D eigenvalue weighted by Crippen LogP contribution is -2.35. The average molecular weight is 273 g/mol. The van der Waals surface area contributed by atoms with Crippen molar-refractivity contribution >= 4 is 21.6 Å². The number of anilines is 1. The van der Waals surface area contributed by atoms with Crippen LogP contribution in [0.5, 0.6) is 5.75 Å². The summed E-state index contributed by atoms with van der Waals surface area (Å²) in [5.74, 6) is 0.840. The first-order valence-corrected chi connectivity index (χ1v) is 5.66. The van der Waals surface area contributed by atoms with Gasteiger partial charge in [-0.2, -0.15) is 0 Å². The van der Waals surface area contributed by atoms with Gasteiger partial charge in [-0.05, 0) is 41.1 Å². The third-order valence-corrected chi connectivity index (χ3v) is 3.16. The molecule has 4 heteroatoms. The van der Waals surface area contributed by atoms with Crippen LogP contribution in [0, 0.1) is 0 Å². The molecule has 0 aliphatic carbocycles. The molecule has 1 aromatic carbocycles. The molecule has 0 aliphatic rings. The van der Waals surface area contributed by atoms with Crippen LogP contribution in [0.2, 0.25) is 0 Å². The van der Waals surface area contributed by atoms with Crippen molar-refractivity contribution in [2.24, 2.45) is 5.73 Å². The molecule has 0 aliphatic heterocycles. The van der Waals surface area contributed by atoms with E-state index in [0.717, 1.165) is 15.9 Å². The Morgan fingerprint density at radius 2 is 2.20 bits per heavy atom. The van der Waals surface area contributed by atoms with Crippen LogP contribution in [0.25, 0.3) is 0 Å². The third-order valence-electron chi connectivity index (χ3n) is 2.54. The molecule has 0 spiro atoms. The Labute approximate surface area is 99.3 Å². The quantitative estimate of drug-likeness (QED) is 0.914. The zero-order valence-electron chi connectivity index (χ0n) is 9.33. The predicted octanol–water partition coefficient (Wildman–Crippen LogP) is 2.24. The molecule has 0 aromatic heterocycles. The fourth-order valence-electron chi connectivity index (χ4n) is 1.29. The molecule has 1 aromatic rings. The van der Waals surface area contributed by atoms with Gasteiger partial charge in [0.15, 0.2) is 0 Å². The Balaban J connectivity index is 2.92. The lowest BCUT2D eigenvalue weighted by atomic mass is 10.2. The van der Waals surface area contributed by atoms with E-state index >= 15 is 0 Å². The summed E-state index contributed by atoms with van der Waals surface area (Å²) in [4.78, 5) is 2.14. The van der Waals surface area contributed by atoms with Gasteiger partial charge < -0.3 is 15.4 Å². The van der Waals surface area contributed by atoms with Gasteiger partial charge >= 0.3 is 0 Å². The number of nitrogens with two attached hydrogens (primary N) is 1. The zero-order valence-corrected chi connectivity index (χ0v) is 10.9. The van der Waals surface area contributed by atoms with Crippen molar-refractivity contribution in [2.45, 2.75) is 13.0 Å². The molecule has 0 bridgehead atoms. The first kappa shape index (κ1) is 12.3. The van der Waals surface area contributed by atoms with E-state index in [1.54, 1.807) is 7.11 Å². The van der Waals surface area contributed by atoms with Crippen molar-refractivity contribution in [3.8, 4) is 5.75 Å². The van der Waals surface area contributed by atoms with Crippen molar-refractivity contribution in [3.05, 3.63) is 22.7 Å². The summed E-state index contributed by atoms with van der Waals surface area (Å²) in [5.41, 5.74) is 6.75. The van der Waals surface area contributed by atoms with E-state index in [4.69, 9.17) is 10.5 Å². The molecule has 1 atom stereocenters. The second-order valence-corrected chi connectivity index (χ2v) is 4.37.